The summed E-state index contributed by atoms with van der Waals surface area (Å²) in [6.07, 6.45) is 11.9. The van der Waals surface area contributed by atoms with Gasteiger partial charge < -0.3 is 29.1 Å². The first-order valence-electron chi connectivity index (χ1n) is 14.1. The van der Waals surface area contributed by atoms with Crippen LogP contribution in [0.5, 0.6) is 0 Å². The maximum absolute atomic E-state index is 5.59. The average molecular weight is 567 g/mol. The van der Waals surface area contributed by atoms with E-state index in [0.717, 1.165) is 85.0 Å². The summed E-state index contributed by atoms with van der Waals surface area (Å²) in [4.78, 5) is 29.0. The van der Waals surface area contributed by atoms with Gasteiger partial charge in [0, 0.05) is 26.2 Å². The maximum Gasteiger partial charge on any atom is 0.148 e. The molecule has 6 rings (SSSR count). The summed E-state index contributed by atoms with van der Waals surface area (Å²) < 4.78 is 11.1. The molecule has 0 fully saturated rings. The summed E-state index contributed by atoms with van der Waals surface area (Å²) in [5.74, 6) is 3.97. The van der Waals surface area contributed by atoms with Crippen LogP contribution >= 0.6 is 0 Å². The number of fused-ring (bicyclic) bond motifs is 4. The number of hydrogen-bond acceptors (Lipinski definition) is 12. The van der Waals surface area contributed by atoms with E-state index in [0.29, 0.717) is 13.3 Å². The predicted molar refractivity (Wildman–Crippen MR) is 157 cm³/mol. The van der Waals surface area contributed by atoms with E-state index in [4.69, 9.17) is 19.1 Å². The SMILES string of the molecule is CCCN1CC(C)=C(OC)C2=C1N1CN(OC)C=C1C=N2.CCCN1CC=C(OC)C2=C1N1CN(OC)C=C1C=N2. The van der Waals surface area contributed by atoms with Crippen molar-refractivity contribution in [1.82, 2.24) is 29.7 Å². The zero-order valence-corrected chi connectivity index (χ0v) is 25.3. The van der Waals surface area contributed by atoms with Crippen LogP contribution in [0, 0.1) is 0 Å². The Kier molecular flexibility index (Phi) is 8.60. The second-order valence-electron chi connectivity index (χ2n) is 10.3. The first-order valence-corrected chi connectivity index (χ1v) is 14.1. The molecule has 6 aliphatic heterocycles. The lowest BCUT2D eigenvalue weighted by Gasteiger charge is -2.40. The van der Waals surface area contributed by atoms with E-state index < -0.39 is 0 Å². The van der Waals surface area contributed by atoms with Crippen LogP contribution in [-0.2, 0) is 19.1 Å². The van der Waals surface area contributed by atoms with Crippen LogP contribution in [0.4, 0.5) is 0 Å². The van der Waals surface area contributed by atoms with Crippen molar-refractivity contribution >= 4 is 12.4 Å². The molecule has 12 nitrogen and oxygen atoms in total. The Morgan fingerprint density at radius 2 is 1.32 bits per heavy atom. The lowest BCUT2D eigenvalue weighted by Crippen LogP contribution is -2.42. The number of allylic oxidation sites excluding steroid dienone is 2. The first-order chi connectivity index (χ1) is 20.0. The molecule has 0 aromatic carbocycles. The molecule has 0 N–H and O–H groups in total. The molecule has 12 heteroatoms. The van der Waals surface area contributed by atoms with E-state index in [1.54, 1.807) is 38.6 Å². The van der Waals surface area contributed by atoms with Gasteiger partial charge in [-0.3, -0.25) is 9.68 Å². The van der Waals surface area contributed by atoms with E-state index in [2.05, 4.69) is 56.4 Å². The molecule has 0 atom stereocenters. The fourth-order valence-corrected chi connectivity index (χ4v) is 5.76. The van der Waals surface area contributed by atoms with Crippen LogP contribution in [0.3, 0.4) is 0 Å². The van der Waals surface area contributed by atoms with E-state index in [1.165, 1.54) is 5.57 Å². The molecule has 0 radical (unpaired) electrons. The van der Waals surface area contributed by atoms with Gasteiger partial charge in [0.25, 0.3) is 0 Å². The van der Waals surface area contributed by atoms with E-state index in [1.807, 2.05) is 24.8 Å². The van der Waals surface area contributed by atoms with Crippen LogP contribution < -0.4 is 0 Å². The molecule has 0 amide bonds. The quantitative estimate of drug-likeness (QED) is 0.437. The molecule has 41 heavy (non-hydrogen) atoms. The van der Waals surface area contributed by atoms with Gasteiger partial charge in [-0.25, -0.2) is 20.1 Å². The zero-order valence-electron chi connectivity index (χ0n) is 25.3. The second kappa shape index (κ2) is 12.3. The number of nitrogens with zero attached hydrogens (tertiary/aromatic N) is 8. The molecule has 0 bridgehead atoms. The van der Waals surface area contributed by atoms with Gasteiger partial charge in [0.1, 0.15) is 47.9 Å². The molecule has 0 aromatic heterocycles. The molecule has 6 heterocycles. The minimum Gasteiger partial charge on any atom is -0.495 e. The van der Waals surface area contributed by atoms with Gasteiger partial charge in [-0.15, -0.1) is 0 Å². The first kappa shape index (κ1) is 28.6. The van der Waals surface area contributed by atoms with Crippen molar-refractivity contribution in [2.75, 3.05) is 68.0 Å². The fourth-order valence-electron chi connectivity index (χ4n) is 5.76. The highest BCUT2D eigenvalue weighted by molar-refractivity contribution is 5.82. The van der Waals surface area contributed by atoms with E-state index >= 15 is 0 Å². The average Bonchev–Trinajstić information content (AvgIpc) is 3.62. The Morgan fingerprint density at radius 3 is 1.85 bits per heavy atom. The highest BCUT2D eigenvalue weighted by Gasteiger charge is 2.37. The van der Waals surface area contributed by atoms with Gasteiger partial charge >= 0.3 is 0 Å². The summed E-state index contributed by atoms with van der Waals surface area (Å²) in [5, 5.41) is 3.60. The molecule has 0 aliphatic carbocycles. The molecule has 0 aromatic rings. The standard InChI is InChI=1S/C15H22N4O2.C14H20N4O2/c1-5-6-17-8-11(2)14(20-3)13-15(17)19-10-18(21-4)9-12(19)7-16-13;1-4-6-16-7-5-12(19-2)13-14(16)18-10-17(20-3)9-11(18)8-15-13/h7,9H,5-6,8,10H2,1-4H3;5,8-9H,4,6-7,10H2,1-3H3. The van der Waals surface area contributed by atoms with Gasteiger partial charge in [-0.1, -0.05) is 13.8 Å². The normalized spacial score (nSPS) is 20.9. The Hall–Kier alpha value is -3.90. The van der Waals surface area contributed by atoms with Crippen molar-refractivity contribution in [3.8, 4) is 0 Å². The summed E-state index contributed by atoms with van der Waals surface area (Å²) in [6.45, 7) is 11.6. The summed E-state index contributed by atoms with van der Waals surface area (Å²) >= 11 is 0. The highest BCUT2D eigenvalue weighted by atomic mass is 16.7. The zero-order chi connectivity index (χ0) is 29.1. The van der Waals surface area contributed by atoms with Crippen LogP contribution in [0.25, 0.3) is 0 Å². The molecular formula is C29H42N8O4. The molecule has 6 aliphatic rings. The number of rotatable bonds is 8. The Labute approximate surface area is 243 Å². The predicted octanol–water partition coefficient (Wildman–Crippen LogP) is 3.34. The minimum atomic E-state index is 0.674. The Morgan fingerprint density at radius 1 is 0.756 bits per heavy atom. The smallest absolute Gasteiger partial charge is 0.148 e. The van der Waals surface area contributed by atoms with E-state index in [-0.39, 0.29) is 0 Å². The minimum absolute atomic E-state index is 0.674. The van der Waals surface area contributed by atoms with Crippen LogP contribution in [0.2, 0.25) is 0 Å². The lowest BCUT2D eigenvalue weighted by atomic mass is 10.1. The van der Waals surface area contributed by atoms with Gasteiger partial charge in [0.15, 0.2) is 0 Å². The van der Waals surface area contributed by atoms with E-state index in [9.17, 15) is 0 Å². The van der Waals surface area contributed by atoms with Crippen molar-refractivity contribution < 1.29 is 19.1 Å². The molecule has 222 valence electrons. The third-order valence-corrected chi connectivity index (χ3v) is 7.56. The molecule has 0 saturated carbocycles. The van der Waals surface area contributed by atoms with Gasteiger partial charge in [0.2, 0.25) is 0 Å². The van der Waals surface area contributed by atoms with Crippen molar-refractivity contribution in [3.63, 3.8) is 0 Å². The summed E-state index contributed by atoms with van der Waals surface area (Å²) in [6, 6.07) is 0. The molecular weight excluding hydrogens is 524 g/mol. The number of methoxy groups -OCH3 is 2. The van der Waals surface area contributed by atoms with Gasteiger partial charge in [-0.2, -0.15) is 0 Å². The monoisotopic (exact) mass is 566 g/mol. The van der Waals surface area contributed by atoms with Crippen molar-refractivity contribution in [1.29, 1.82) is 0 Å². The third-order valence-electron chi connectivity index (χ3n) is 7.56. The van der Waals surface area contributed by atoms with Crippen LogP contribution in [0.1, 0.15) is 33.6 Å². The van der Waals surface area contributed by atoms with Crippen LogP contribution in [0.15, 0.2) is 80.0 Å². The fraction of sp³-hybridized carbons (Fsp3) is 0.517. The number of hydroxylamine groups is 4. The number of hydrogen-bond donors (Lipinski definition) is 0. The molecule has 0 spiro atoms. The van der Waals surface area contributed by atoms with Gasteiger partial charge in [0.05, 0.1) is 64.7 Å². The maximum atomic E-state index is 5.59. The lowest BCUT2D eigenvalue weighted by molar-refractivity contribution is -0.0972. The largest absolute Gasteiger partial charge is 0.495 e. The summed E-state index contributed by atoms with van der Waals surface area (Å²) in [7, 11) is 6.76. The Bertz CT molecular complexity index is 1280. The van der Waals surface area contributed by atoms with Crippen molar-refractivity contribution in [2.45, 2.75) is 33.6 Å². The third kappa shape index (κ3) is 5.29. The number of aliphatic imine (C=N–C) groups is 2. The van der Waals surface area contributed by atoms with Gasteiger partial charge in [-0.05, 0) is 31.4 Å². The molecule has 0 unspecified atom stereocenters. The van der Waals surface area contributed by atoms with Crippen molar-refractivity contribution in [3.05, 3.63) is 70.0 Å². The summed E-state index contributed by atoms with van der Waals surface area (Å²) in [5.41, 5.74) is 5.14. The van der Waals surface area contributed by atoms with Crippen LogP contribution in [-0.4, -0.2) is 110 Å². The highest BCUT2D eigenvalue weighted by Crippen LogP contribution is 2.37. The topological polar surface area (TPSA) is 81.1 Å². The number of ether oxygens (including phenoxy) is 2. The second-order valence-corrected chi connectivity index (χ2v) is 10.3. The van der Waals surface area contributed by atoms with Crippen molar-refractivity contribution in [2.24, 2.45) is 9.98 Å². The molecule has 0 saturated heterocycles. The Balaban J connectivity index is 0.000000165.